The molecule has 1 aromatic heterocycles. The van der Waals surface area contributed by atoms with Crippen LogP contribution < -0.4 is 5.32 Å². The Bertz CT molecular complexity index is 413. The molecule has 5 nitrogen and oxygen atoms in total. The maximum absolute atomic E-state index is 11.3. The fourth-order valence-corrected chi connectivity index (χ4v) is 2.16. The van der Waals surface area contributed by atoms with Gasteiger partial charge in [-0.1, -0.05) is 18.5 Å². The number of hydrogen-bond acceptors (Lipinski definition) is 3. The molecule has 1 aromatic rings. The van der Waals surface area contributed by atoms with Crippen molar-refractivity contribution in [2.75, 3.05) is 7.05 Å². The topological polar surface area (TPSA) is 67.2 Å². The summed E-state index contributed by atoms with van der Waals surface area (Å²) < 4.78 is 1.81. The van der Waals surface area contributed by atoms with Crippen molar-refractivity contribution in [3.63, 3.8) is 0 Å². The number of nitrogens with one attached hydrogen (secondary N) is 1. The number of carboxylic acid groups (broad SMARTS) is 1. The van der Waals surface area contributed by atoms with Crippen LogP contribution in [0.5, 0.6) is 0 Å². The van der Waals surface area contributed by atoms with Crippen LogP contribution in [0.1, 0.15) is 31.9 Å². The smallest absolute Gasteiger partial charge is 0.323 e. The zero-order chi connectivity index (χ0) is 13.8. The Hall–Kier alpha value is -1.07. The first-order valence-electron chi connectivity index (χ1n) is 6.07. The number of aryl methyl sites for hydroxylation is 1. The fourth-order valence-electron chi connectivity index (χ4n) is 2.02. The third-order valence-electron chi connectivity index (χ3n) is 3.51. The molecule has 6 heteroatoms. The Morgan fingerprint density at radius 2 is 2.33 bits per heavy atom. The van der Waals surface area contributed by atoms with Gasteiger partial charge in [0.25, 0.3) is 0 Å². The van der Waals surface area contributed by atoms with E-state index in [4.69, 9.17) is 11.6 Å². The van der Waals surface area contributed by atoms with Crippen LogP contribution in [0.2, 0.25) is 5.02 Å². The third-order valence-corrected chi connectivity index (χ3v) is 3.88. The number of halogens is 1. The lowest BCUT2D eigenvalue weighted by Gasteiger charge is -2.27. The predicted molar refractivity (Wildman–Crippen MR) is 70.9 cm³/mol. The third kappa shape index (κ3) is 3.03. The molecule has 0 amide bonds. The first-order chi connectivity index (χ1) is 8.46. The first kappa shape index (κ1) is 15.0. The number of aromatic nitrogens is 2. The molecule has 1 unspecified atom stereocenters. The number of carbonyl (C=O) groups is 1. The highest BCUT2D eigenvalue weighted by Gasteiger charge is 2.34. The van der Waals surface area contributed by atoms with Crippen LogP contribution in [0.15, 0.2) is 6.20 Å². The van der Waals surface area contributed by atoms with Crippen molar-refractivity contribution in [3.05, 3.63) is 16.9 Å². The Labute approximate surface area is 112 Å². The van der Waals surface area contributed by atoms with E-state index >= 15 is 0 Å². The lowest BCUT2D eigenvalue weighted by Crippen LogP contribution is -2.49. The van der Waals surface area contributed by atoms with Gasteiger partial charge in [-0.2, -0.15) is 5.10 Å². The minimum absolute atomic E-state index is 0.553. The van der Waals surface area contributed by atoms with Crippen molar-refractivity contribution >= 4 is 17.6 Å². The van der Waals surface area contributed by atoms with Crippen molar-refractivity contribution < 1.29 is 9.90 Å². The minimum Gasteiger partial charge on any atom is -0.480 e. The van der Waals surface area contributed by atoms with Gasteiger partial charge in [0.2, 0.25) is 0 Å². The van der Waals surface area contributed by atoms with E-state index < -0.39 is 11.5 Å². The summed E-state index contributed by atoms with van der Waals surface area (Å²) in [5.74, 6) is -0.803. The SMILES string of the molecule is CCC(CCCn1ncc(Cl)c1C)(NC)C(=O)O. The summed E-state index contributed by atoms with van der Waals surface area (Å²) in [6.07, 6.45) is 3.46. The number of nitrogens with zero attached hydrogens (tertiary/aromatic N) is 2. The fraction of sp³-hybridized carbons (Fsp3) is 0.667. The molecule has 0 aliphatic rings. The highest BCUT2D eigenvalue weighted by Crippen LogP contribution is 2.19. The van der Waals surface area contributed by atoms with Crippen LogP contribution >= 0.6 is 11.6 Å². The lowest BCUT2D eigenvalue weighted by molar-refractivity contribution is -0.145. The molecule has 0 fully saturated rings. The van der Waals surface area contributed by atoms with Crippen LogP contribution in [-0.2, 0) is 11.3 Å². The lowest BCUT2D eigenvalue weighted by atomic mass is 9.90. The van der Waals surface area contributed by atoms with Gasteiger partial charge in [-0.05, 0) is 33.2 Å². The molecule has 0 spiro atoms. The van der Waals surface area contributed by atoms with E-state index in [0.29, 0.717) is 24.4 Å². The molecule has 2 N–H and O–H groups in total. The first-order valence-corrected chi connectivity index (χ1v) is 6.45. The maximum atomic E-state index is 11.3. The van der Waals surface area contributed by atoms with E-state index in [2.05, 4.69) is 10.4 Å². The predicted octanol–water partition coefficient (Wildman–Crippen LogP) is 2.08. The van der Waals surface area contributed by atoms with E-state index in [1.54, 1.807) is 17.9 Å². The maximum Gasteiger partial charge on any atom is 0.323 e. The quantitative estimate of drug-likeness (QED) is 0.798. The van der Waals surface area contributed by atoms with Crippen molar-refractivity contribution in [3.8, 4) is 0 Å². The van der Waals surface area contributed by atoms with E-state index in [9.17, 15) is 9.90 Å². The zero-order valence-electron chi connectivity index (χ0n) is 11.0. The van der Waals surface area contributed by atoms with Gasteiger partial charge in [-0.3, -0.25) is 9.48 Å². The van der Waals surface area contributed by atoms with Crippen LogP contribution in [0.4, 0.5) is 0 Å². The normalized spacial score (nSPS) is 14.4. The number of rotatable bonds is 7. The molecule has 0 aliphatic carbocycles. The second kappa shape index (κ2) is 6.20. The molecule has 1 heterocycles. The Kier molecular flexibility index (Phi) is 5.16. The minimum atomic E-state index is -0.842. The molecule has 0 saturated heterocycles. The van der Waals surface area contributed by atoms with Gasteiger partial charge in [-0.25, -0.2) is 0 Å². The largest absolute Gasteiger partial charge is 0.480 e. The highest BCUT2D eigenvalue weighted by molar-refractivity contribution is 6.31. The molecule has 18 heavy (non-hydrogen) atoms. The summed E-state index contributed by atoms with van der Waals surface area (Å²) >= 11 is 5.91. The van der Waals surface area contributed by atoms with Crippen molar-refractivity contribution in [2.45, 2.75) is 45.2 Å². The average Bonchev–Trinajstić information content (AvgIpc) is 2.66. The summed E-state index contributed by atoms with van der Waals surface area (Å²) in [7, 11) is 1.69. The number of carboxylic acids is 1. The van der Waals surface area contributed by atoms with Crippen molar-refractivity contribution in [2.24, 2.45) is 0 Å². The van der Waals surface area contributed by atoms with Crippen LogP contribution in [0, 0.1) is 6.92 Å². The van der Waals surface area contributed by atoms with Crippen LogP contribution in [0.25, 0.3) is 0 Å². The second-order valence-electron chi connectivity index (χ2n) is 4.40. The molecule has 1 atom stereocenters. The number of aliphatic carboxylic acids is 1. The van der Waals surface area contributed by atoms with Gasteiger partial charge in [0.1, 0.15) is 5.54 Å². The van der Waals surface area contributed by atoms with E-state index in [1.165, 1.54) is 0 Å². The molecule has 0 radical (unpaired) electrons. The van der Waals surface area contributed by atoms with Crippen molar-refractivity contribution in [1.82, 2.24) is 15.1 Å². The van der Waals surface area contributed by atoms with Gasteiger partial charge in [0, 0.05) is 6.54 Å². The number of likely N-dealkylation sites (N-methyl/N-ethyl adjacent to an activating group) is 1. The van der Waals surface area contributed by atoms with Crippen LogP contribution in [-0.4, -0.2) is 33.4 Å². The summed E-state index contributed by atoms with van der Waals surface area (Å²) in [5.41, 5.74) is 0.0729. The summed E-state index contributed by atoms with van der Waals surface area (Å²) in [4.78, 5) is 11.3. The van der Waals surface area contributed by atoms with E-state index in [-0.39, 0.29) is 0 Å². The monoisotopic (exact) mass is 273 g/mol. The molecular weight excluding hydrogens is 254 g/mol. The molecule has 102 valence electrons. The second-order valence-corrected chi connectivity index (χ2v) is 4.80. The molecule has 0 aromatic carbocycles. The van der Waals surface area contributed by atoms with E-state index in [1.807, 2.05) is 13.8 Å². The van der Waals surface area contributed by atoms with E-state index in [0.717, 1.165) is 12.1 Å². The number of hydrogen-bond donors (Lipinski definition) is 2. The molecule has 0 bridgehead atoms. The summed E-state index contributed by atoms with van der Waals surface area (Å²) in [6, 6.07) is 0. The van der Waals surface area contributed by atoms with Gasteiger partial charge in [0.05, 0.1) is 16.9 Å². The summed E-state index contributed by atoms with van der Waals surface area (Å²) in [6.45, 7) is 4.45. The van der Waals surface area contributed by atoms with Gasteiger partial charge >= 0.3 is 5.97 Å². The van der Waals surface area contributed by atoms with Gasteiger partial charge < -0.3 is 10.4 Å². The molecule has 0 aliphatic heterocycles. The zero-order valence-corrected chi connectivity index (χ0v) is 11.8. The Morgan fingerprint density at radius 3 is 2.72 bits per heavy atom. The Morgan fingerprint density at radius 1 is 1.67 bits per heavy atom. The average molecular weight is 274 g/mol. The van der Waals surface area contributed by atoms with Crippen molar-refractivity contribution in [1.29, 1.82) is 0 Å². The summed E-state index contributed by atoms with van der Waals surface area (Å²) in [5, 5.41) is 17.0. The standard InChI is InChI=1S/C12H20ClN3O2/c1-4-12(14-3,11(17)18)6-5-7-16-9(2)10(13)8-15-16/h8,14H,4-7H2,1-3H3,(H,17,18). The molecular formula is C12H20ClN3O2. The molecule has 0 saturated carbocycles. The van der Waals surface area contributed by atoms with Gasteiger partial charge in [0.15, 0.2) is 0 Å². The Balaban J connectivity index is 2.59. The molecule has 1 rings (SSSR count). The van der Waals surface area contributed by atoms with Gasteiger partial charge in [-0.15, -0.1) is 0 Å². The van der Waals surface area contributed by atoms with Crippen LogP contribution in [0.3, 0.4) is 0 Å². The highest BCUT2D eigenvalue weighted by atomic mass is 35.5.